The Labute approximate surface area is 117 Å². The second kappa shape index (κ2) is 5.86. The minimum Gasteiger partial charge on any atom is -0.345 e. The summed E-state index contributed by atoms with van der Waals surface area (Å²) in [6.45, 7) is 0.296. The number of nitrogens with one attached hydrogen (secondary N) is 1. The Morgan fingerprint density at radius 1 is 1.25 bits per heavy atom. The monoisotopic (exact) mass is 271 g/mol. The summed E-state index contributed by atoms with van der Waals surface area (Å²) in [5, 5.41) is 6.72. The summed E-state index contributed by atoms with van der Waals surface area (Å²) < 4.78 is 5.27. The van der Waals surface area contributed by atoms with Gasteiger partial charge in [-0.25, -0.2) is 0 Å². The van der Waals surface area contributed by atoms with E-state index < -0.39 is 0 Å². The quantitative estimate of drug-likeness (QED) is 0.928. The van der Waals surface area contributed by atoms with Gasteiger partial charge in [-0.1, -0.05) is 36.2 Å². The first-order valence-corrected chi connectivity index (χ1v) is 6.98. The van der Waals surface area contributed by atoms with Gasteiger partial charge in [0.25, 0.3) is 5.91 Å². The molecule has 1 aromatic carbocycles. The summed E-state index contributed by atoms with van der Waals surface area (Å²) in [6, 6.07) is 9.10. The van der Waals surface area contributed by atoms with Gasteiger partial charge in [0.1, 0.15) is 0 Å². The highest BCUT2D eigenvalue weighted by molar-refractivity contribution is 5.93. The van der Waals surface area contributed by atoms with Gasteiger partial charge in [0, 0.05) is 11.5 Å². The van der Waals surface area contributed by atoms with Crippen molar-refractivity contribution in [2.24, 2.45) is 0 Å². The lowest BCUT2D eigenvalue weighted by Gasteiger charge is -2.02. The number of nitrogens with zero attached hydrogens (tertiary/aromatic N) is 2. The largest absolute Gasteiger partial charge is 0.345 e. The van der Waals surface area contributed by atoms with Crippen LogP contribution in [0.2, 0.25) is 0 Å². The Morgan fingerprint density at radius 2 is 2.00 bits per heavy atom. The summed E-state index contributed by atoms with van der Waals surface area (Å²) >= 11 is 0. The number of benzene rings is 1. The highest BCUT2D eigenvalue weighted by Crippen LogP contribution is 2.32. The Morgan fingerprint density at radius 3 is 2.75 bits per heavy atom. The number of hydrogen-bond donors (Lipinski definition) is 1. The molecule has 1 aliphatic rings. The van der Waals surface area contributed by atoms with E-state index in [9.17, 15) is 4.79 Å². The van der Waals surface area contributed by atoms with Crippen LogP contribution in [0.3, 0.4) is 0 Å². The molecular weight excluding hydrogens is 254 g/mol. The van der Waals surface area contributed by atoms with Crippen molar-refractivity contribution in [3.05, 3.63) is 47.6 Å². The molecule has 1 saturated carbocycles. The minimum atomic E-state index is -0.127. The zero-order valence-corrected chi connectivity index (χ0v) is 11.2. The topological polar surface area (TPSA) is 68.0 Å². The fraction of sp³-hybridized carbons (Fsp3) is 0.400. The van der Waals surface area contributed by atoms with E-state index in [0.717, 1.165) is 12.8 Å². The van der Waals surface area contributed by atoms with E-state index in [4.69, 9.17) is 4.52 Å². The van der Waals surface area contributed by atoms with E-state index in [1.54, 1.807) is 12.1 Å². The van der Waals surface area contributed by atoms with Crippen molar-refractivity contribution in [2.75, 3.05) is 0 Å². The Balaban J connectivity index is 1.57. The van der Waals surface area contributed by atoms with Crippen molar-refractivity contribution in [1.82, 2.24) is 15.5 Å². The zero-order chi connectivity index (χ0) is 13.8. The van der Waals surface area contributed by atoms with Gasteiger partial charge in [-0.15, -0.1) is 0 Å². The summed E-state index contributed by atoms with van der Waals surface area (Å²) in [7, 11) is 0. The standard InChI is InChI=1S/C15H17N3O2/c19-14(11-6-2-1-3-7-11)16-10-13-17-15(20-18-13)12-8-4-5-9-12/h1-3,6-7,12H,4-5,8-10H2,(H,16,19). The van der Waals surface area contributed by atoms with E-state index in [1.807, 2.05) is 18.2 Å². The molecule has 0 atom stereocenters. The first-order chi connectivity index (χ1) is 9.83. The minimum absolute atomic E-state index is 0.127. The average Bonchev–Trinajstić information content (AvgIpc) is 3.16. The van der Waals surface area contributed by atoms with Gasteiger partial charge in [0.2, 0.25) is 5.89 Å². The lowest BCUT2D eigenvalue weighted by atomic mass is 10.1. The van der Waals surface area contributed by atoms with E-state index in [2.05, 4.69) is 15.5 Å². The Bertz CT molecular complexity index is 574. The molecule has 104 valence electrons. The first-order valence-electron chi connectivity index (χ1n) is 6.98. The van der Waals surface area contributed by atoms with Gasteiger partial charge < -0.3 is 9.84 Å². The average molecular weight is 271 g/mol. The summed E-state index contributed by atoms with van der Waals surface area (Å²) in [6.07, 6.45) is 4.70. The number of rotatable bonds is 4. The molecule has 0 saturated heterocycles. The summed E-state index contributed by atoms with van der Waals surface area (Å²) in [5.74, 6) is 1.53. The van der Waals surface area contributed by atoms with Crippen LogP contribution in [0.25, 0.3) is 0 Å². The zero-order valence-electron chi connectivity index (χ0n) is 11.2. The van der Waals surface area contributed by atoms with Crippen molar-refractivity contribution < 1.29 is 9.32 Å². The van der Waals surface area contributed by atoms with E-state index >= 15 is 0 Å². The van der Waals surface area contributed by atoms with Gasteiger partial charge in [-0.2, -0.15) is 4.98 Å². The Kier molecular flexibility index (Phi) is 3.76. The van der Waals surface area contributed by atoms with Crippen LogP contribution in [0.4, 0.5) is 0 Å². The molecule has 1 aliphatic carbocycles. The fourth-order valence-electron chi connectivity index (χ4n) is 2.53. The molecule has 1 aromatic heterocycles. The normalized spacial score (nSPS) is 15.4. The molecule has 20 heavy (non-hydrogen) atoms. The van der Waals surface area contributed by atoms with Gasteiger partial charge in [0.05, 0.1) is 6.54 Å². The second-order valence-corrected chi connectivity index (χ2v) is 5.08. The highest BCUT2D eigenvalue weighted by atomic mass is 16.5. The summed E-state index contributed by atoms with van der Waals surface area (Å²) in [4.78, 5) is 16.2. The molecule has 1 heterocycles. The maximum absolute atomic E-state index is 11.9. The van der Waals surface area contributed by atoms with Gasteiger partial charge in [0.15, 0.2) is 5.82 Å². The van der Waals surface area contributed by atoms with E-state index in [1.165, 1.54) is 12.8 Å². The van der Waals surface area contributed by atoms with Crippen LogP contribution in [0.5, 0.6) is 0 Å². The molecule has 0 radical (unpaired) electrons. The van der Waals surface area contributed by atoms with Crippen LogP contribution < -0.4 is 5.32 Å². The second-order valence-electron chi connectivity index (χ2n) is 5.08. The SMILES string of the molecule is O=C(NCc1noc(C2CCCC2)n1)c1ccccc1. The Hall–Kier alpha value is -2.17. The van der Waals surface area contributed by atoms with Crippen molar-refractivity contribution in [3.8, 4) is 0 Å². The van der Waals surface area contributed by atoms with Crippen LogP contribution >= 0.6 is 0 Å². The van der Waals surface area contributed by atoms with E-state index in [-0.39, 0.29) is 5.91 Å². The maximum atomic E-state index is 11.9. The molecule has 1 N–H and O–H groups in total. The van der Waals surface area contributed by atoms with Crippen LogP contribution in [-0.4, -0.2) is 16.0 Å². The smallest absolute Gasteiger partial charge is 0.251 e. The molecular formula is C15H17N3O2. The van der Waals surface area contributed by atoms with Crippen molar-refractivity contribution in [2.45, 2.75) is 38.1 Å². The summed E-state index contributed by atoms with van der Waals surface area (Å²) in [5.41, 5.74) is 0.631. The van der Waals surface area contributed by atoms with Gasteiger partial charge in [-0.05, 0) is 25.0 Å². The van der Waals surface area contributed by atoms with Crippen LogP contribution in [-0.2, 0) is 6.54 Å². The third kappa shape index (κ3) is 2.87. The third-order valence-corrected chi connectivity index (χ3v) is 3.63. The molecule has 5 nitrogen and oxygen atoms in total. The molecule has 0 bridgehead atoms. The number of aromatic nitrogens is 2. The highest BCUT2D eigenvalue weighted by Gasteiger charge is 2.22. The predicted octanol–water partition coefficient (Wildman–Crippen LogP) is 2.66. The van der Waals surface area contributed by atoms with Crippen molar-refractivity contribution in [1.29, 1.82) is 0 Å². The molecule has 0 spiro atoms. The lowest BCUT2D eigenvalue weighted by molar-refractivity contribution is 0.0949. The van der Waals surface area contributed by atoms with Gasteiger partial charge >= 0.3 is 0 Å². The van der Waals surface area contributed by atoms with Crippen LogP contribution in [0.15, 0.2) is 34.9 Å². The molecule has 5 heteroatoms. The number of carbonyl (C=O) groups excluding carboxylic acids is 1. The van der Waals surface area contributed by atoms with Gasteiger partial charge in [-0.3, -0.25) is 4.79 Å². The fourth-order valence-corrected chi connectivity index (χ4v) is 2.53. The molecule has 3 rings (SSSR count). The number of amides is 1. The molecule has 1 fully saturated rings. The third-order valence-electron chi connectivity index (χ3n) is 3.63. The van der Waals surface area contributed by atoms with E-state index in [0.29, 0.717) is 29.7 Å². The molecule has 0 unspecified atom stereocenters. The molecule has 2 aromatic rings. The van der Waals surface area contributed by atoms with Crippen LogP contribution in [0.1, 0.15) is 53.7 Å². The number of carbonyl (C=O) groups is 1. The van der Waals surface area contributed by atoms with Crippen molar-refractivity contribution >= 4 is 5.91 Å². The number of hydrogen-bond acceptors (Lipinski definition) is 4. The predicted molar refractivity (Wildman–Crippen MR) is 73.1 cm³/mol. The molecule has 1 amide bonds. The van der Waals surface area contributed by atoms with Crippen molar-refractivity contribution in [3.63, 3.8) is 0 Å². The van der Waals surface area contributed by atoms with Crippen LogP contribution in [0, 0.1) is 0 Å². The first kappa shape index (κ1) is 12.8. The molecule has 0 aliphatic heterocycles. The maximum Gasteiger partial charge on any atom is 0.251 e. The lowest BCUT2D eigenvalue weighted by Crippen LogP contribution is -2.23.